The Bertz CT molecular complexity index is 576. The van der Waals surface area contributed by atoms with Crippen LogP contribution < -0.4 is 4.72 Å². The second-order valence-electron chi connectivity index (χ2n) is 5.05. The molecule has 0 heterocycles. The van der Waals surface area contributed by atoms with E-state index in [2.05, 4.69) is 11.6 Å². The van der Waals surface area contributed by atoms with E-state index < -0.39 is 10.0 Å². The highest BCUT2D eigenvalue weighted by molar-refractivity contribution is 7.89. The molecule has 0 aromatic heterocycles. The van der Waals surface area contributed by atoms with Gasteiger partial charge in [-0.15, -0.1) is 0 Å². The minimum atomic E-state index is -3.73. The Morgan fingerprint density at radius 2 is 1.90 bits per heavy atom. The van der Waals surface area contributed by atoms with Gasteiger partial charge in [-0.25, -0.2) is 13.1 Å². The van der Waals surface area contributed by atoms with Crippen LogP contribution in [-0.4, -0.2) is 19.6 Å². The fraction of sp³-hybridized carbons (Fsp3) is 0.571. The first-order valence-corrected chi connectivity index (χ1v) is 9.16. The van der Waals surface area contributed by atoms with Crippen molar-refractivity contribution in [3.63, 3.8) is 0 Å². The number of aliphatic hydroxyl groups excluding tert-OH is 1. The Labute approximate surface area is 136 Å². The average Bonchev–Trinajstić information content (AvgIpc) is 2.38. The molecule has 1 aromatic carbocycles. The Kier molecular flexibility index (Phi) is 7.44. The zero-order valence-electron chi connectivity index (χ0n) is 12.2. The van der Waals surface area contributed by atoms with Crippen molar-refractivity contribution in [3.05, 3.63) is 27.7 Å². The van der Waals surface area contributed by atoms with Crippen LogP contribution in [0.3, 0.4) is 0 Å². The van der Waals surface area contributed by atoms with E-state index in [0.717, 1.165) is 25.7 Å². The molecule has 0 bridgehead atoms. The van der Waals surface area contributed by atoms with Gasteiger partial charge in [-0.05, 0) is 31.0 Å². The summed E-state index contributed by atoms with van der Waals surface area (Å²) < 4.78 is 27.3. The lowest BCUT2D eigenvalue weighted by Crippen LogP contribution is -2.32. The summed E-state index contributed by atoms with van der Waals surface area (Å²) in [5.41, 5.74) is 0.333. The Hall–Kier alpha value is -0.330. The van der Waals surface area contributed by atoms with Gasteiger partial charge in [0.2, 0.25) is 10.0 Å². The van der Waals surface area contributed by atoms with Gasteiger partial charge in [-0.3, -0.25) is 0 Å². The van der Waals surface area contributed by atoms with E-state index in [1.54, 1.807) is 0 Å². The van der Waals surface area contributed by atoms with Gasteiger partial charge in [0.1, 0.15) is 4.90 Å². The Balaban J connectivity index is 2.92. The minimum Gasteiger partial charge on any atom is -0.392 e. The molecular formula is C14H21Cl2NO3S. The first-order valence-electron chi connectivity index (χ1n) is 6.93. The molecule has 4 nitrogen and oxygen atoms in total. The molecule has 120 valence electrons. The first kappa shape index (κ1) is 18.7. The molecular weight excluding hydrogens is 333 g/mol. The molecule has 1 unspecified atom stereocenters. The van der Waals surface area contributed by atoms with Crippen LogP contribution in [-0.2, 0) is 16.6 Å². The number of benzene rings is 1. The predicted molar refractivity (Wildman–Crippen MR) is 86.3 cm³/mol. The number of halogens is 2. The highest BCUT2D eigenvalue weighted by Crippen LogP contribution is 2.29. The third-order valence-corrected chi connectivity index (χ3v) is 5.56. The molecule has 0 aliphatic rings. The lowest BCUT2D eigenvalue weighted by Gasteiger charge is -2.15. The van der Waals surface area contributed by atoms with Gasteiger partial charge in [0, 0.05) is 11.1 Å². The molecule has 1 rings (SSSR count). The predicted octanol–water partition coefficient (Wildman–Crippen LogP) is 3.73. The van der Waals surface area contributed by atoms with Crippen LogP contribution in [0.1, 0.15) is 45.1 Å². The number of aliphatic hydroxyl groups is 1. The molecule has 1 aromatic rings. The summed E-state index contributed by atoms with van der Waals surface area (Å²) in [5.74, 6) is 0. The van der Waals surface area contributed by atoms with Crippen molar-refractivity contribution in [3.8, 4) is 0 Å². The highest BCUT2D eigenvalue weighted by Gasteiger charge is 2.22. The fourth-order valence-corrected chi connectivity index (χ4v) is 4.12. The summed E-state index contributed by atoms with van der Waals surface area (Å²) in [6.45, 7) is 3.58. The normalized spacial score (nSPS) is 13.4. The molecule has 7 heteroatoms. The van der Waals surface area contributed by atoms with Crippen LogP contribution in [0.5, 0.6) is 0 Å². The van der Waals surface area contributed by atoms with Crippen molar-refractivity contribution < 1.29 is 13.5 Å². The van der Waals surface area contributed by atoms with Crippen molar-refractivity contribution in [1.29, 1.82) is 0 Å². The van der Waals surface area contributed by atoms with Gasteiger partial charge in [0.25, 0.3) is 0 Å². The number of sulfonamides is 1. The monoisotopic (exact) mass is 353 g/mol. The molecule has 0 saturated heterocycles. The van der Waals surface area contributed by atoms with E-state index in [-0.39, 0.29) is 27.6 Å². The van der Waals surface area contributed by atoms with Crippen molar-refractivity contribution in [2.45, 2.75) is 57.1 Å². The summed E-state index contributed by atoms with van der Waals surface area (Å²) in [7, 11) is -3.73. The standard InChI is InChI=1S/C14H21Cl2NO3S/c1-3-4-5-6-10(2)17-21(19,20)14-7-11(9-18)12(15)8-13(14)16/h7-8,10,17-18H,3-6,9H2,1-2H3. The average molecular weight is 354 g/mol. The maximum atomic E-state index is 12.4. The highest BCUT2D eigenvalue weighted by atomic mass is 35.5. The summed E-state index contributed by atoms with van der Waals surface area (Å²) in [5, 5.41) is 9.48. The van der Waals surface area contributed by atoms with Crippen LogP contribution in [0.2, 0.25) is 10.0 Å². The molecule has 0 amide bonds. The van der Waals surface area contributed by atoms with E-state index in [1.165, 1.54) is 12.1 Å². The molecule has 21 heavy (non-hydrogen) atoms. The maximum absolute atomic E-state index is 12.4. The van der Waals surface area contributed by atoms with Crippen molar-refractivity contribution in [2.24, 2.45) is 0 Å². The molecule has 0 saturated carbocycles. The van der Waals surface area contributed by atoms with Gasteiger partial charge in [0.05, 0.1) is 11.6 Å². The van der Waals surface area contributed by atoms with Gasteiger partial charge in [0.15, 0.2) is 0 Å². The minimum absolute atomic E-state index is 0.0467. The number of rotatable bonds is 8. The second-order valence-corrected chi connectivity index (χ2v) is 7.55. The third kappa shape index (κ3) is 5.42. The van der Waals surface area contributed by atoms with E-state index in [4.69, 9.17) is 23.2 Å². The van der Waals surface area contributed by atoms with Crippen LogP contribution in [0.15, 0.2) is 17.0 Å². The molecule has 0 fully saturated rings. The topological polar surface area (TPSA) is 66.4 Å². The molecule has 1 atom stereocenters. The van der Waals surface area contributed by atoms with Gasteiger partial charge < -0.3 is 5.11 Å². The van der Waals surface area contributed by atoms with Gasteiger partial charge in [-0.2, -0.15) is 0 Å². The molecule has 2 N–H and O–H groups in total. The smallest absolute Gasteiger partial charge is 0.242 e. The van der Waals surface area contributed by atoms with Crippen molar-refractivity contribution in [2.75, 3.05) is 0 Å². The van der Waals surface area contributed by atoms with E-state index >= 15 is 0 Å². The number of nitrogens with one attached hydrogen (secondary N) is 1. The molecule has 0 aliphatic heterocycles. The van der Waals surface area contributed by atoms with Crippen LogP contribution >= 0.6 is 23.2 Å². The number of unbranched alkanes of at least 4 members (excludes halogenated alkanes) is 2. The first-order chi connectivity index (χ1) is 9.81. The third-order valence-electron chi connectivity index (χ3n) is 3.16. The van der Waals surface area contributed by atoms with Crippen LogP contribution in [0.25, 0.3) is 0 Å². The SMILES string of the molecule is CCCCCC(C)NS(=O)(=O)c1cc(CO)c(Cl)cc1Cl. The summed E-state index contributed by atoms with van der Waals surface area (Å²) in [6, 6.07) is 2.47. The summed E-state index contributed by atoms with van der Waals surface area (Å²) in [4.78, 5) is -0.0556. The quantitative estimate of drug-likeness (QED) is 0.699. The number of hydrogen-bond acceptors (Lipinski definition) is 3. The van der Waals surface area contributed by atoms with Crippen molar-refractivity contribution >= 4 is 33.2 Å². The van der Waals surface area contributed by atoms with Crippen molar-refractivity contribution in [1.82, 2.24) is 4.72 Å². The lowest BCUT2D eigenvalue weighted by molar-refractivity contribution is 0.281. The fourth-order valence-electron chi connectivity index (χ4n) is 1.99. The second kappa shape index (κ2) is 8.34. The van der Waals surface area contributed by atoms with Gasteiger partial charge >= 0.3 is 0 Å². The zero-order chi connectivity index (χ0) is 16.0. The molecule has 0 aliphatic carbocycles. The zero-order valence-corrected chi connectivity index (χ0v) is 14.5. The van der Waals surface area contributed by atoms with E-state index in [9.17, 15) is 13.5 Å². The summed E-state index contributed by atoms with van der Waals surface area (Å²) in [6.07, 6.45) is 3.90. The maximum Gasteiger partial charge on any atom is 0.242 e. The van der Waals surface area contributed by atoms with Gasteiger partial charge in [-0.1, -0.05) is 49.4 Å². The Morgan fingerprint density at radius 3 is 2.48 bits per heavy atom. The molecule has 0 spiro atoms. The van der Waals surface area contributed by atoms with E-state index in [1.807, 2.05) is 6.92 Å². The summed E-state index contributed by atoms with van der Waals surface area (Å²) >= 11 is 11.9. The van der Waals surface area contributed by atoms with Crippen LogP contribution in [0, 0.1) is 0 Å². The van der Waals surface area contributed by atoms with Crippen LogP contribution in [0.4, 0.5) is 0 Å². The van der Waals surface area contributed by atoms with E-state index in [0.29, 0.717) is 5.56 Å². The largest absolute Gasteiger partial charge is 0.392 e. The molecule has 0 radical (unpaired) electrons. The number of hydrogen-bond donors (Lipinski definition) is 2. The Morgan fingerprint density at radius 1 is 1.24 bits per heavy atom. The lowest BCUT2D eigenvalue weighted by atomic mass is 10.1.